The molecule has 1 heterocycles. The first kappa shape index (κ1) is 17.5. The molecule has 2 N–H and O–H groups in total. The van der Waals surface area contributed by atoms with Crippen molar-refractivity contribution in [1.82, 2.24) is 4.98 Å². The normalized spacial score (nSPS) is 10.4. The van der Waals surface area contributed by atoms with Crippen LogP contribution in [-0.2, 0) is 6.54 Å². The lowest BCUT2D eigenvalue weighted by atomic mass is 10.2. The Balaban J connectivity index is 1.66. The average molecular weight is 357 g/mol. The lowest BCUT2D eigenvalue weighted by molar-refractivity contribution is 0.102. The van der Waals surface area contributed by atoms with Gasteiger partial charge in [0.1, 0.15) is 11.6 Å². The molecule has 0 saturated heterocycles. The van der Waals surface area contributed by atoms with Gasteiger partial charge >= 0.3 is 0 Å². The van der Waals surface area contributed by atoms with Crippen molar-refractivity contribution < 1.29 is 18.0 Å². The number of aromatic nitrogens is 1. The molecule has 0 aliphatic rings. The highest BCUT2D eigenvalue weighted by Gasteiger charge is 2.09. The molecule has 0 saturated carbocycles. The Hall–Kier alpha value is -3.35. The fraction of sp³-hybridized carbons (Fsp3) is 0.0526. The zero-order chi connectivity index (χ0) is 18.5. The van der Waals surface area contributed by atoms with Gasteiger partial charge in [-0.05, 0) is 42.0 Å². The van der Waals surface area contributed by atoms with E-state index in [9.17, 15) is 18.0 Å². The quantitative estimate of drug-likeness (QED) is 0.713. The smallest absolute Gasteiger partial charge is 0.255 e. The lowest BCUT2D eigenvalue weighted by Gasteiger charge is -2.09. The summed E-state index contributed by atoms with van der Waals surface area (Å²) in [6.07, 6.45) is 1.45. The molecule has 2 aromatic carbocycles. The van der Waals surface area contributed by atoms with Crippen molar-refractivity contribution in [2.24, 2.45) is 0 Å². The van der Waals surface area contributed by atoms with E-state index in [0.29, 0.717) is 17.9 Å². The minimum atomic E-state index is -1.04. The fourth-order valence-electron chi connectivity index (χ4n) is 2.24. The molecule has 0 fully saturated rings. The van der Waals surface area contributed by atoms with E-state index in [1.165, 1.54) is 36.5 Å². The molecule has 0 spiro atoms. The largest absolute Gasteiger partial charge is 0.366 e. The van der Waals surface area contributed by atoms with Crippen LogP contribution in [0.15, 0.2) is 60.8 Å². The van der Waals surface area contributed by atoms with Crippen LogP contribution in [0.2, 0.25) is 0 Å². The summed E-state index contributed by atoms with van der Waals surface area (Å²) in [5.74, 6) is -2.38. The third kappa shape index (κ3) is 4.38. The number of halogens is 3. The maximum Gasteiger partial charge on any atom is 0.255 e. The summed E-state index contributed by atoms with van der Waals surface area (Å²) in [6, 6.07) is 12.1. The van der Waals surface area contributed by atoms with E-state index >= 15 is 0 Å². The first-order chi connectivity index (χ1) is 12.5. The van der Waals surface area contributed by atoms with Crippen LogP contribution in [0.1, 0.15) is 15.9 Å². The number of carbonyl (C=O) groups excluding carboxylic acids is 1. The number of rotatable bonds is 5. The molecule has 0 aliphatic heterocycles. The molecule has 0 atom stereocenters. The minimum Gasteiger partial charge on any atom is -0.366 e. The van der Waals surface area contributed by atoms with E-state index in [0.717, 1.165) is 17.7 Å². The summed E-state index contributed by atoms with van der Waals surface area (Å²) in [7, 11) is 0. The first-order valence-electron chi connectivity index (χ1n) is 7.72. The highest BCUT2D eigenvalue weighted by molar-refractivity contribution is 6.04. The van der Waals surface area contributed by atoms with Crippen LogP contribution in [0.25, 0.3) is 0 Å². The summed E-state index contributed by atoms with van der Waals surface area (Å²) in [4.78, 5) is 16.4. The van der Waals surface area contributed by atoms with E-state index < -0.39 is 17.5 Å². The third-order valence-electron chi connectivity index (χ3n) is 3.59. The van der Waals surface area contributed by atoms with Gasteiger partial charge in [0.05, 0.1) is 0 Å². The second-order valence-corrected chi connectivity index (χ2v) is 5.49. The summed E-state index contributed by atoms with van der Waals surface area (Å²) in [5.41, 5.74) is 1.29. The third-order valence-corrected chi connectivity index (χ3v) is 3.59. The van der Waals surface area contributed by atoms with Gasteiger partial charge in [0, 0.05) is 30.1 Å². The summed E-state index contributed by atoms with van der Waals surface area (Å²) < 4.78 is 39.0. The number of hydrogen-bond donors (Lipinski definition) is 2. The Morgan fingerprint density at radius 2 is 1.69 bits per heavy atom. The molecular formula is C19H14F3N3O. The molecule has 0 bridgehead atoms. The zero-order valence-electron chi connectivity index (χ0n) is 13.5. The van der Waals surface area contributed by atoms with Crippen LogP contribution in [0.3, 0.4) is 0 Å². The highest BCUT2D eigenvalue weighted by Crippen LogP contribution is 2.15. The SMILES string of the molecule is O=C(Nc1ccc(F)c(F)c1)c1ccnc(NCc2ccc(F)cc2)c1. The average Bonchev–Trinajstić information content (AvgIpc) is 2.64. The van der Waals surface area contributed by atoms with E-state index in [-0.39, 0.29) is 11.5 Å². The number of pyridine rings is 1. The Morgan fingerprint density at radius 1 is 0.923 bits per heavy atom. The lowest BCUT2D eigenvalue weighted by Crippen LogP contribution is -2.13. The van der Waals surface area contributed by atoms with Crippen molar-refractivity contribution in [1.29, 1.82) is 0 Å². The zero-order valence-corrected chi connectivity index (χ0v) is 13.5. The Morgan fingerprint density at radius 3 is 2.42 bits per heavy atom. The Labute approximate surface area is 147 Å². The summed E-state index contributed by atoms with van der Waals surface area (Å²) >= 11 is 0. The highest BCUT2D eigenvalue weighted by atomic mass is 19.2. The van der Waals surface area contributed by atoms with Gasteiger partial charge in [-0.3, -0.25) is 4.79 Å². The molecule has 4 nitrogen and oxygen atoms in total. The number of hydrogen-bond acceptors (Lipinski definition) is 3. The van der Waals surface area contributed by atoms with Gasteiger partial charge in [-0.25, -0.2) is 18.2 Å². The predicted octanol–water partition coefficient (Wildman–Crippen LogP) is 4.36. The van der Waals surface area contributed by atoms with E-state index in [1.54, 1.807) is 12.1 Å². The minimum absolute atomic E-state index is 0.145. The van der Waals surface area contributed by atoms with Crippen LogP contribution in [-0.4, -0.2) is 10.9 Å². The summed E-state index contributed by atoms with van der Waals surface area (Å²) in [5, 5.41) is 5.52. The Bertz CT molecular complexity index is 930. The van der Waals surface area contributed by atoms with Crippen molar-refractivity contribution in [2.75, 3.05) is 10.6 Å². The molecule has 0 radical (unpaired) electrons. The van der Waals surface area contributed by atoms with Gasteiger partial charge in [-0.1, -0.05) is 12.1 Å². The molecule has 7 heteroatoms. The van der Waals surface area contributed by atoms with Crippen molar-refractivity contribution in [3.63, 3.8) is 0 Å². The van der Waals surface area contributed by atoms with E-state index in [2.05, 4.69) is 15.6 Å². The second kappa shape index (κ2) is 7.69. The monoisotopic (exact) mass is 357 g/mol. The van der Waals surface area contributed by atoms with Crippen LogP contribution in [0.5, 0.6) is 0 Å². The molecule has 1 aromatic heterocycles. The van der Waals surface area contributed by atoms with Crippen LogP contribution in [0, 0.1) is 17.5 Å². The molecule has 3 aromatic rings. The number of nitrogens with one attached hydrogen (secondary N) is 2. The number of anilines is 2. The molecule has 26 heavy (non-hydrogen) atoms. The fourth-order valence-corrected chi connectivity index (χ4v) is 2.24. The molecule has 3 rings (SSSR count). The molecular weight excluding hydrogens is 343 g/mol. The van der Waals surface area contributed by atoms with Crippen molar-refractivity contribution >= 4 is 17.4 Å². The summed E-state index contributed by atoms with van der Waals surface area (Å²) in [6.45, 7) is 0.404. The maximum atomic E-state index is 13.2. The molecule has 132 valence electrons. The Kier molecular flexibility index (Phi) is 5.17. The van der Waals surface area contributed by atoms with Crippen molar-refractivity contribution in [3.8, 4) is 0 Å². The first-order valence-corrected chi connectivity index (χ1v) is 7.72. The molecule has 0 unspecified atom stereocenters. The van der Waals surface area contributed by atoms with Crippen LogP contribution < -0.4 is 10.6 Å². The van der Waals surface area contributed by atoms with Gasteiger partial charge in [0.15, 0.2) is 11.6 Å². The number of nitrogens with zero attached hydrogens (tertiary/aromatic N) is 1. The van der Waals surface area contributed by atoms with Gasteiger partial charge in [0.25, 0.3) is 5.91 Å². The van der Waals surface area contributed by atoms with Crippen LogP contribution in [0.4, 0.5) is 24.7 Å². The molecule has 0 aliphatic carbocycles. The standard InChI is InChI=1S/C19H14F3N3O/c20-14-3-1-12(2-4-14)11-24-18-9-13(7-8-23-18)19(26)25-15-5-6-16(21)17(22)10-15/h1-10H,11H2,(H,23,24)(H,25,26). The van der Waals surface area contributed by atoms with Crippen LogP contribution >= 0.6 is 0 Å². The number of carbonyl (C=O) groups is 1. The van der Waals surface area contributed by atoms with E-state index in [1.807, 2.05) is 0 Å². The van der Waals surface area contributed by atoms with Gasteiger partial charge in [-0.15, -0.1) is 0 Å². The number of amides is 1. The van der Waals surface area contributed by atoms with Gasteiger partial charge in [0.2, 0.25) is 0 Å². The van der Waals surface area contributed by atoms with Crippen molar-refractivity contribution in [3.05, 3.63) is 89.4 Å². The second-order valence-electron chi connectivity index (χ2n) is 5.49. The van der Waals surface area contributed by atoms with Gasteiger partial charge in [-0.2, -0.15) is 0 Å². The number of benzene rings is 2. The van der Waals surface area contributed by atoms with E-state index in [4.69, 9.17) is 0 Å². The van der Waals surface area contributed by atoms with Crippen molar-refractivity contribution in [2.45, 2.75) is 6.54 Å². The maximum absolute atomic E-state index is 13.2. The molecule has 1 amide bonds. The predicted molar refractivity (Wildman–Crippen MR) is 92.3 cm³/mol. The van der Waals surface area contributed by atoms with Gasteiger partial charge < -0.3 is 10.6 Å². The topological polar surface area (TPSA) is 54.0 Å².